The summed E-state index contributed by atoms with van der Waals surface area (Å²) in [5, 5.41) is 0.766. The van der Waals surface area contributed by atoms with Gasteiger partial charge < -0.3 is 4.90 Å². The topological polar surface area (TPSA) is 20.3 Å². The third-order valence-corrected chi connectivity index (χ3v) is 4.01. The van der Waals surface area contributed by atoms with Crippen LogP contribution in [-0.2, 0) is 4.79 Å². The fourth-order valence-corrected chi connectivity index (χ4v) is 2.98. The van der Waals surface area contributed by atoms with E-state index in [2.05, 4.69) is 4.90 Å². The first kappa shape index (κ1) is 10.2. The molecule has 3 fully saturated rings. The van der Waals surface area contributed by atoms with Crippen molar-refractivity contribution in [2.45, 2.75) is 25.3 Å². The predicted octanol–water partition coefficient (Wildman–Crippen LogP) is 2.90. The van der Waals surface area contributed by atoms with Gasteiger partial charge in [-0.3, -0.25) is 4.79 Å². The lowest BCUT2D eigenvalue weighted by molar-refractivity contribution is -0.126. The minimum absolute atomic E-state index is 0.265. The molecule has 2 bridgehead atoms. The van der Waals surface area contributed by atoms with E-state index in [0.29, 0.717) is 11.8 Å². The van der Waals surface area contributed by atoms with E-state index in [9.17, 15) is 4.79 Å². The zero-order valence-corrected chi connectivity index (χ0v) is 9.78. The highest BCUT2D eigenvalue weighted by molar-refractivity contribution is 6.30. The van der Waals surface area contributed by atoms with Crippen molar-refractivity contribution in [3.05, 3.63) is 29.3 Å². The SMILES string of the molecule is O=C1CC2CCC1CN2c1ccc(Cl)cc1. The van der Waals surface area contributed by atoms with Gasteiger partial charge in [0.15, 0.2) is 0 Å². The summed E-state index contributed by atoms with van der Waals surface area (Å²) in [6.45, 7) is 0.894. The summed E-state index contributed by atoms with van der Waals surface area (Å²) < 4.78 is 0. The third-order valence-electron chi connectivity index (χ3n) is 3.76. The molecular weight excluding hydrogens is 222 g/mol. The van der Waals surface area contributed by atoms with Crippen LogP contribution >= 0.6 is 11.6 Å². The number of anilines is 1. The van der Waals surface area contributed by atoms with Crippen LogP contribution in [0.1, 0.15) is 19.3 Å². The largest absolute Gasteiger partial charge is 0.367 e. The minimum Gasteiger partial charge on any atom is -0.367 e. The highest BCUT2D eigenvalue weighted by atomic mass is 35.5. The lowest BCUT2D eigenvalue weighted by Gasteiger charge is -2.45. The summed E-state index contributed by atoms with van der Waals surface area (Å²) in [6.07, 6.45) is 2.96. The van der Waals surface area contributed by atoms with E-state index < -0.39 is 0 Å². The molecule has 0 aromatic heterocycles. The zero-order chi connectivity index (χ0) is 11.1. The molecule has 4 rings (SSSR count). The molecule has 1 aromatic carbocycles. The number of benzene rings is 1. The number of halogens is 1. The molecule has 2 nitrogen and oxygen atoms in total. The van der Waals surface area contributed by atoms with Gasteiger partial charge in [-0.15, -0.1) is 0 Å². The Morgan fingerprint density at radius 1 is 1.19 bits per heavy atom. The van der Waals surface area contributed by atoms with Crippen molar-refractivity contribution in [3.8, 4) is 0 Å². The van der Waals surface area contributed by atoms with E-state index in [1.165, 1.54) is 5.69 Å². The highest BCUT2D eigenvalue weighted by Crippen LogP contribution is 2.36. The average Bonchev–Trinajstić information content (AvgIpc) is 2.31. The summed E-state index contributed by atoms with van der Waals surface area (Å²) in [4.78, 5) is 14.0. The van der Waals surface area contributed by atoms with Gasteiger partial charge >= 0.3 is 0 Å². The number of Topliss-reactive ketones (excluding diaryl/α,β-unsaturated/α-hetero) is 1. The maximum absolute atomic E-state index is 11.6. The van der Waals surface area contributed by atoms with Gasteiger partial charge in [-0.25, -0.2) is 0 Å². The molecule has 2 heterocycles. The monoisotopic (exact) mass is 235 g/mol. The average molecular weight is 236 g/mol. The van der Waals surface area contributed by atoms with Crippen LogP contribution < -0.4 is 4.90 Å². The molecule has 16 heavy (non-hydrogen) atoms. The number of fused-ring (bicyclic) bond motifs is 3. The standard InChI is InChI=1S/C13H14ClNO/c14-10-2-5-11(6-3-10)15-8-9-1-4-12(15)7-13(9)16/h2-3,5-6,9,12H,1,4,7-8H2. The molecule has 2 atom stereocenters. The second-order valence-corrected chi connectivity index (χ2v) is 5.16. The zero-order valence-electron chi connectivity index (χ0n) is 9.03. The first-order chi connectivity index (χ1) is 7.74. The minimum atomic E-state index is 0.265. The van der Waals surface area contributed by atoms with Crippen LogP contribution in [0, 0.1) is 5.92 Å². The number of carbonyl (C=O) groups excluding carboxylic acids is 1. The number of hydrogen-bond donors (Lipinski definition) is 0. The van der Waals surface area contributed by atoms with Gasteiger partial charge in [-0.1, -0.05) is 11.6 Å². The number of piperidine rings is 2. The van der Waals surface area contributed by atoms with Gasteiger partial charge in [0.2, 0.25) is 0 Å². The fraction of sp³-hybridized carbons (Fsp3) is 0.462. The molecule has 0 amide bonds. The maximum atomic E-state index is 11.6. The Balaban J connectivity index is 1.86. The van der Waals surface area contributed by atoms with E-state index >= 15 is 0 Å². The van der Waals surface area contributed by atoms with Gasteiger partial charge in [0, 0.05) is 35.6 Å². The number of ketones is 1. The highest BCUT2D eigenvalue weighted by Gasteiger charge is 2.39. The Kier molecular flexibility index (Phi) is 2.40. The van der Waals surface area contributed by atoms with Gasteiger partial charge in [0.1, 0.15) is 5.78 Å². The van der Waals surface area contributed by atoms with Crippen LogP contribution in [0.2, 0.25) is 5.02 Å². The number of nitrogens with zero attached hydrogens (tertiary/aromatic N) is 1. The lowest BCUT2D eigenvalue weighted by Crippen LogP contribution is -2.52. The first-order valence-electron chi connectivity index (χ1n) is 5.79. The number of carbonyl (C=O) groups is 1. The third kappa shape index (κ3) is 1.61. The predicted molar refractivity (Wildman–Crippen MR) is 64.9 cm³/mol. The van der Waals surface area contributed by atoms with E-state index in [1.807, 2.05) is 24.3 Å². The van der Waals surface area contributed by atoms with Crippen molar-refractivity contribution in [2.75, 3.05) is 11.4 Å². The van der Waals surface area contributed by atoms with Crippen molar-refractivity contribution in [2.24, 2.45) is 5.92 Å². The summed E-state index contributed by atoms with van der Waals surface area (Å²) in [5.41, 5.74) is 1.20. The summed E-state index contributed by atoms with van der Waals surface area (Å²) in [6, 6.07) is 8.35. The summed E-state index contributed by atoms with van der Waals surface area (Å²) in [5.74, 6) is 0.724. The van der Waals surface area contributed by atoms with Crippen molar-refractivity contribution in [1.29, 1.82) is 0 Å². The Morgan fingerprint density at radius 2 is 1.94 bits per heavy atom. The molecule has 84 valence electrons. The van der Waals surface area contributed by atoms with Gasteiger partial charge in [0.25, 0.3) is 0 Å². The molecule has 2 aliphatic heterocycles. The smallest absolute Gasteiger partial charge is 0.139 e. The van der Waals surface area contributed by atoms with Crippen LogP contribution in [0.3, 0.4) is 0 Å². The van der Waals surface area contributed by atoms with E-state index in [1.54, 1.807) is 0 Å². The van der Waals surface area contributed by atoms with Crippen LogP contribution in [0.4, 0.5) is 5.69 Å². The molecule has 0 N–H and O–H groups in total. The molecule has 0 spiro atoms. The molecule has 3 heteroatoms. The normalized spacial score (nSPS) is 28.6. The Hall–Kier alpha value is -1.02. The molecule has 2 unspecified atom stereocenters. The number of rotatable bonds is 1. The van der Waals surface area contributed by atoms with Gasteiger partial charge in [0.05, 0.1) is 0 Å². The van der Waals surface area contributed by atoms with Crippen molar-refractivity contribution < 1.29 is 4.79 Å². The number of hydrogen-bond acceptors (Lipinski definition) is 2. The van der Waals surface area contributed by atoms with Crippen molar-refractivity contribution in [1.82, 2.24) is 0 Å². The summed E-state index contributed by atoms with van der Waals surface area (Å²) >= 11 is 5.88. The van der Waals surface area contributed by atoms with Crippen LogP contribution in [0.15, 0.2) is 24.3 Å². The van der Waals surface area contributed by atoms with Crippen LogP contribution in [0.25, 0.3) is 0 Å². The lowest BCUT2D eigenvalue weighted by atomic mass is 9.78. The molecule has 0 radical (unpaired) electrons. The van der Waals surface area contributed by atoms with Gasteiger partial charge in [-0.05, 0) is 37.1 Å². The second-order valence-electron chi connectivity index (χ2n) is 4.73. The Labute approximate surface area is 100 Å². The molecule has 1 saturated carbocycles. The van der Waals surface area contributed by atoms with Crippen molar-refractivity contribution >= 4 is 23.1 Å². The second kappa shape index (κ2) is 3.77. The molecule has 1 aromatic rings. The van der Waals surface area contributed by atoms with Crippen LogP contribution in [0.5, 0.6) is 0 Å². The van der Waals surface area contributed by atoms with E-state index in [0.717, 1.165) is 30.8 Å². The molecule has 2 saturated heterocycles. The molecule has 3 aliphatic rings. The fourth-order valence-electron chi connectivity index (χ4n) is 2.85. The van der Waals surface area contributed by atoms with E-state index in [-0.39, 0.29) is 5.92 Å². The van der Waals surface area contributed by atoms with E-state index in [4.69, 9.17) is 11.6 Å². The molecule has 1 aliphatic carbocycles. The van der Waals surface area contributed by atoms with Crippen molar-refractivity contribution in [3.63, 3.8) is 0 Å². The quantitative estimate of drug-likeness (QED) is 0.746. The first-order valence-corrected chi connectivity index (χ1v) is 6.17. The Morgan fingerprint density at radius 3 is 2.50 bits per heavy atom. The maximum Gasteiger partial charge on any atom is 0.139 e. The van der Waals surface area contributed by atoms with Gasteiger partial charge in [-0.2, -0.15) is 0 Å². The van der Waals surface area contributed by atoms with Crippen LogP contribution in [-0.4, -0.2) is 18.4 Å². The summed E-state index contributed by atoms with van der Waals surface area (Å²) in [7, 11) is 0. The Bertz CT molecular complexity index is 414. The molecular formula is C13H14ClNO.